The quantitative estimate of drug-likeness (QED) is 0.852. The van der Waals surface area contributed by atoms with Crippen LogP contribution in [-0.2, 0) is 0 Å². The maximum absolute atomic E-state index is 12.7. The van der Waals surface area contributed by atoms with Gasteiger partial charge in [0.2, 0.25) is 0 Å². The number of halogens is 6. The lowest BCUT2D eigenvalue weighted by Crippen LogP contribution is -2.44. The summed E-state index contributed by atoms with van der Waals surface area (Å²) in [5, 5.41) is 0.425. The highest BCUT2D eigenvalue weighted by atomic mass is 19.4. The number of hydrogen-bond acceptors (Lipinski definition) is 2. The number of aromatic nitrogens is 1. The molecule has 1 aromatic carbocycles. The Labute approximate surface area is 115 Å². The second-order valence-electron chi connectivity index (χ2n) is 4.51. The predicted octanol–water partition coefficient (Wildman–Crippen LogP) is 3.98. The molecule has 2 N–H and O–H groups in total. The topological polar surface area (TPSA) is 38.9 Å². The van der Waals surface area contributed by atoms with Crippen molar-refractivity contribution in [2.75, 3.05) is 0 Å². The molecule has 0 aliphatic rings. The highest BCUT2D eigenvalue weighted by Gasteiger charge is 2.59. The molecule has 2 rings (SSSR count). The highest BCUT2D eigenvalue weighted by molar-refractivity contribution is 5.82. The van der Waals surface area contributed by atoms with Crippen molar-refractivity contribution in [3.05, 3.63) is 42.1 Å². The average Bonchev–Trinajstić information content (AvgIpc) is 2.34. The van der Waals surface area contributed by atoms with Crippen LogP contribution in [0.5, 0.6) is 0 Å². The van der Waals surface area contributed by atoms with Crippen molar-refractivity contribution < 1.29 is 26.3 Å². The van der Waals surface area contributed by atoms with Crippen LogP contribution in [0.25, 0.3) is 10.9 Å². The van der Waals surface area contributed by atoms with E-state index in [1.54, 1.807) is 0 Å². The van der Waals surface area contributed by atoms with E-state index in [9.17, 15) is 26.3 Å². The molecule has 0 amide bonds. The summed E-state index contributed by atoms with van der Waals surface area (Å²) in [6, 6.07) is 4.81. The fourth-order valence-electron chi connectivity index (χ4n) is 2.17. The van der Waals surface area contributed by atoms with Crippen LogP contribution in [-0.4, -0.2) is 17.3 Å². The van der Waals surface area contributed by atoms with E-state index in [1.165, 1.54) is 30.5 Å². The van der Waals surface area contributed by atoms with E-state index in [4.69, 9.17) is 5.73 Å². The van der Waals surface area contributed by atoms with Crippen LogP contribution >= 0.6 is 0 Å². The van der Waals surface area contributed by atoms with Gasteiger partial charge in [-0.1, -0.05) is 24.3 Å². The number of hydrogen-bond donors (Lipinski definition) is 1. The molecule has 8 heteroatoms. The van der Waals surface area contributed by atoms with Gasteiger partial charge in [-0.15, -0.1) is 0 Å². The molecule has 0 saturated heterocycles. The van der Waals surface area contributed by atoms with Gasteiger partial charge in [0, 0.05) is 11.6 Å². The Morgan fingerprint density at radius 2 is 1.48 bits per heavy atom. The first-order chi connectivity index (χ1) is 9.62. The summed E-state index contributed by atoms with van der Waals surface area (Å²) in [6.07, 6.45) is -9.70. The Morgan fingerprint density at radius 1 is 0.905 bits per heavy atom. The molecule has 1 unspecified atom stereocenters. The fourth-order valence-corrected chi connectivity index (χ4v) is 2.17. The Bertz CT molecular complexity index is 615. The van der Waals surface area contributed by atoms with E-state index in [2.05, 4.69) is 4.98 Å². The first kappa shape index (κ1) is 15.6. The highest BCUT2D eigenvalue weighted by Crippen LogP contribution is 2.46. The zero-order chi connectivity index (χ0) is 15.8. The van der Waals surface area contributed by atoms with Crippen molar-refractivity contribution in [2.24, 2.45) is 11.7 Å². The molecule has 1 atom stereocenters. The molecule has 0 aliphatic carbocycles. The Hall–Kier alpha value is -1.83. The molecule has 0 spiro atoms. The van der Waals surface area contributed by atoms with Crippen molar-refractivity contribution in [1.29, 1.82) is 0 Å². The summed E-state index contributed by atoms with van der Waals surface area (Å²) in [7, 11) is 0. The van der Waals surface area contributed by atoms with Gasteiger partial charge in [0.1, 0.15) is 0 Å². The second-order valence-corrected chi connectivity index (χ2v) is 4.51. The zero-order valence-electron chi connectivity index (χ0n) is 10.4. The normalized spacial score (nSPS) is 14.7. The SMILES string of the molecule is NC(c1cccc2cccnc12)C(C(F)(F)F)C(F)(F)F. The third-order valence-electron chi connectivity index (χ3n) is 3.09. The van der Waals surface area contributed by atoms with Gasteiger partial charge < -0.3 is 5.73 Å². The monoisotopic (exact) mass is 308 g/mol. The molecule has 1 aromatic heterocycles. The summed E-state index contributed by atoms with van der Waals surface area (Å²) in [5.74, 6) is -3.64. The number of benzene rings is 1. The average molecular weight is 308 g/mol. The maximum Gasteiger partial charge on any atom is 0.402 e. The molecule has 0 fully saturated rings. The maximum atomic E-state index is 12.7. The van der Waals surface area contributed by atoms with Gasteiger partial charge in [0.15, 0.2) is 5.92 Å². The lowest BCUT2D eigenvalue weighted by molar-refractivity contribution is -0.290. The third-order valence-corrected chi connectivity index (χ3v) is 3.09. The second kappa shape index (κ2) is 5.18. The Balaban J connectivity index is 2.57. The molecule has 0 radical (unpaired) electrons. The molecular formula is C13H10F6N2. The molecule has 0 aliphatic heterocycles. The molecule has 0 saturated carbocycles. The molecule has 2 aromatic rings. The van der Waals surface area contributed by atoms with Gasteiger partial charge in [-0.2, -0.15) is 26.3 Å². The van der Waals surface area contributed by atoms with E-state index < -0.39 is 24.3 Å². The first-order valence-electron chi connectivity index (χ1n) is 5.85. The number of rotatable bonds is 2. The van der Waals surface area contributed by atoms with Crippen molar-refractivity contribution in [3.63, 3.8) is 0 Å². The van der Waals surface area contributed by atoms with Crippen molar-refractivity contribution >= 4 is 10.9 Å². The van der Waals surface area contributed by atoms with Crippen LogP contribution in [0.1, 0.15) is 11.6 Å². The molecule has 0 bridgehead atoms. The molecule has 2 nitrogen and oxygen atoms in total. The van der Waals surface area contributed by atoms with E-state index in [0.29, 0.717) is 5.39 Å². The molecular weight excluding hydrogens is 298 g/mol. The molecule has 1 heterocycles. The van der Waals surface area contributed by atoms with Crippen LogP contribution in [0, 0.1) is 5.92 Å². The molecule has 21 heavy (non-hydrogen) atoms. The number of nitrogens with zero attached hydrogens (tertiary/aromatic N) is 1. The van der Waals surface area contributed by atoms with Gasteiger partial charge >= 0.3 is 12.4 Å². The predicted molar refractivity (Wildman–Crippen MR) is 64.3 cm³/mol. The minimum atomic E-state index is -5.49. The van der Waals surface area contributed by atoms with Crippen LogP contribution in [0.3, 0.4) is 0 Å². The number of fused-ring (bicyclic) bond motifs is 1. The van der Waals surface area contributed by atoms with Crippen LogP contribution in [0.4, 0.5) is 26.3 Å². The lowest BCUT2D eigenvalue weighted by Gasteiger charge is -2.28. The number of alkyl halides is 6. The standard InChI is InChI=1S/C13H10F6N2/c14-12(15,16)11(13(17,18)19)9(20)8-5-1-3-7-4-2-6-21-10(7)8/h1-6,9,11H,20H2. The first-order valence-corrected chi connectivity index (χ1v) is 5.85. The minimum absolute atomic E-state index is 0.0333. The summed E-state index contributed by atoms with van der Waals surface area (Å²) in [5.41, 5.74) is 5.05. The summed E-state index contributed by atoms with van der Waals surface area (Å²) >= 11 is 0. The van der Waals surface area contributed by atoms with Crippen LogP contribution in [0.2, 0.25) is 0 Å². The largest absolute Gasteiger partial charge is 0.402 e. The lowest BCUT2D eigenvalue weighted by atomic mass is 9.91. The van der Waals surface area contributed by atoms with Gasteiger partial charge in [0.25, 0.3) is 0 Å². The fraction of sp³-hybridized carbons (Fsp3) is 0.308. The van der Waals surface area contributed by atoms with E-state index in [0.717, 1.165) is 6.07 Å². The smallest absolute Gasteiger partial charge is 0.323 e. The van der Waals surface area contributed by atoms with Gasteiger partial charge in [-0.05, 0) is 11.6 Å². The van der Waals surface area contributed by atoms with Crippen LogP contribution < -0.4 is 5.73 Å². The van der Waals surface area contributed by atoms with Gasteiger partial charge in [-0.3, -0.25) is 4.98 Å². The van der Waals surface area contributed by atoms with Crippen molar-refractivity contribution in [2.45, 2.75) is 18.4 Å². The third kappa shape index (κ3) is 3.10. The van der Waals surface area contributed by atoms with Crippen molar-refractivity contribution in [3.8, 4) is 0 Å². The summed E-state index contributed by atoms with van der Waals surface area (Å²) < 4.78 is 76.4. The number of nitrogens with two attached hydrogens (primary N) is 1. The van der Waals surface area contributed by atoms with Gasteiger partial charge in [-0.25, -0.2) is 0 Å². The minimum Gasteiger partial charge on any atom is -0.323 e. The summed E-state index contributed by atoms with van der Waals surface area (Å²) in [4.78, 5) is 3.83. The van der Waals surface area contributed by atoms with E-state index in [1.807, 2.05) is 0 Å². The van der Waals surface area contributed by atoms with E-state index in [-0.39, 0.29) is 11.1 Å². The Morgan fingerprint density at radius 3 is 2.05 bits per heavy atom. The van der Waals surface area contributed by atoms with Crippen molar-refractivity contribution in [1.82, 2.24) is 4.98 Å². The Kier molecular flexibility index (Phi) is 3.83. The number of pyridine rings is 1. The number of para-hydroxylation sites is 1. The van der Waals surface area contributed by atoms with E-state index >= 15 is 0 Å². The zero-order valence-corrected chi connectivity index (χ0v) is 10.4. The summed E-state index contributed by atoms with van der Waals surface area (Å²) in [6.45, 7) is 0. The molecule has 114 valence electrons. The van der Waals surface area contributed by atoms with Crippen LogP contribution in [0.15, 0.2) is 36.5 Å². The van der Waals surface area contributed by atoms with Gasteiger partial charge in [0.05, 0.1) is 11.6 Å².